The molecule has 0 aliphatic carbocycles. The van der Waals surface area contributed by atoms with Crippen LogP contribution in [0.15, 0.2) is 29.6 Å². The molecule has 0 spiro atoms. The Hall–Kier alpha value is -1.06. The molecule has 0 bridgehead atoms. The highest BCUT2D eigenvalue weighted by molar-refractivity contribution is 7.09. The van der Waals surface area contributed by atoms with Crippen molar-refractivity contribution < 1.29 is 0 Å². The molecule has 0 saturated heterocycles. The number of halogens is 1. The number of nitrogens with zero attached hydrogens (tertiary/aromatic N) is 2. The minimum Gasteiger partial charge on any atom is -0.371 e. The van der Waals surface area contributed by atoms with Crippen LogP contribution in [0.2, 0.25) is 0 Å². The molecule has 0 amide bonds. The van der Waals surface area contributed by atoms with Gasteiger partial charge in [-0.2, -0.15) is 0 Å². The summed E-state index contributed by atoms with van der Waals surface area (Å²) in [7, 11) is 0. The molecular weight excluding hydrogens is 276 g/mol. The quantitative estimate of drug-likeness (QED) is 0.740. The maximum Gasteiger partial charge on any atom is 0.0946 e. The Morgan fingerprint density at radius 1 is 1.26 bits per heavy atom. The van der Waals surface area contributed by atoms with E-state index in [0.29, 0.717) is 5.88 Å². The second-order valence-electron chi connectivity index (χ2n) is 4.53. The van der Waals surface area contributed by atoms with E-state index in [-0.39, 0.29) is 0 Å². The summed E-state index contributed by atoms with van der Waals surface area (Å²) < 4.78 is 0. The van der Waals surface area contributed by atoms with Gasteiger partial charge in [0.1, 0.15) is 0 Å². The molecule has 4 heteroatoms. The zero-order chi connectivity index (χ0) is 13.7. The van der Waals surface area contributed by atoms with Crippen LogP contribution in [0.3, 0.4) is 0 Å². The summed E-state index contributed by atoms with van der Waals surface area (Å²) in [5.74, 6) is 0.506. The van der Waals surface area contributed by atoms with Gasteiger partial charge in [-0.25, -0.2) is 4.98 Å². The summed E-state index contributed by atoms with van der Waals surface area (Å²) in [5, 5.41) is 3.21. The van der Waals surface area contributed by atoms with Crippen molar-refractivity contribution in [3.63, 3.8) is 0 Å². The van der Waals surface area contributed by atoms with E-state index in [4.69, 9.17) is 11.6 Å². The first kappa shape index (κ1) is 14.4. The van der Waals surface area contributed by atoms with E-state index in [2.05, 4.69) is 48.0 Å². The van der Waals surface area contributed by atoms with Gasteiger partial charge in [0.05, 0.1) is 16.6 Å². The highest BCUT2D eigenvalue weighted by Gasteiger charge is 2.06. The van der Waals surface area contributed by atoms with E-state index in [9.17, 15) is 0 Å². The van der Waals surface area contributed by atoms with E-state index >= 15 is 0 Å². The number of anilines is 1. The number of hydrogen-bond donors (Lipinski definition) is 0. The number of aryl methyl sites for hydroxylation is 1. The third kappa shape index (κ3) is 3.95. The van der Waals surface area contributed by atoms with Gasteiger partial charge in [-0.1, -0.05) is 17.7 Å². The topological polar surface area (TPSA) is 16.1 Å². The molecule has 1 aromatic heterocycles. The average Bonchev–Trinajstić information content (AvgIpc) is 2.89. The summed E-state index contributed by atoms with van der Waals surface area (Å²) in [6, 6.07) is 8.69. The molecule has 2 aromatic rings. The van der Waals surface area contributed by atoms with Crippen molar-refractivity contribution in [2.45, 2.75) is 26.1 Å². The predicted octanol–water partition coefficient (Wildman–Crippen LogP) is 4.26. The van der Waals surface area contributed by atoms with Crippen LogP contribution in [0.25, 0.3) is 0 Å². The van der Waals surface area contributed by atoms with Crippen LogP contribution in [0.5, 0.6) is 0 Å². The molecule has 0 N–H and O–H groups in total. The third-order valence-corrected chi connectivity index (χ3v) is 4.34. The maximum atomic E-state index is 5.77. The number of thiazole rings is 1. The van der Waals surface area contributed by atoms with E-state index in [0.717, 1.165) is 25.2 Å². The Morgan fingerprint density at radius 3 is 2.58 bits per heavy atom. The Balaban J connectivity index is 1.97. The van der Waals surface area contributed by atoms with Crippen LogP contribution in [-0.4, -0.2) is 18.1 Å². The molecule has 2 nitrogen and oxygen atoms in total. The number of hydrogen-bond acceptors (Lipinski definition) is 3. The molecule has 0 saturated carbocycles. The van der Waals surface area contributed by atoms with E-state index in [1.807, 2.05) is 5.38 Å². The maximum absolute atomic E-state index is 5.77. The summed E-state index contributed by atoms with van der Waals surface area (Å²) in [5.41, 5.74) is 3.56. The van der Waals surface area contributed by atoms with Crippen molar-refractivity contribution in [3.05, 3.63) is 45.9 Å². The number of likely N-dealkylation sites (N-methyl/N-ethyl adjacent to an activating group) is 1. The Kier molecular flexibility index (Phi) is 5.23. The van der Waals surface area contributed by atoms with Crippen LogP contribution in [-0.2, 0) is 12.3 Å². The second kappa shape index (κ2) is 6.92. The molecule has 0 aliphatic rings. The first-order valence-corrected chi connectivity index (χ1v) is 7.95. The highest BCUT2D eigenvalue weighted by atomic mass is 35.5. The van der Waals surface area contributed by atoms with Crippen LogP contribution in [0.1, 0.15) is 23.2 Å². The van der Waals surface area contributed by atoms with E-state index < -0.39 is 0 Å². The van der Waals surface area contributed by atoms with E-state index in [1.165, 1.54) is 16.3 Å². The van der Waals surface area contributed by atoms with Gasteiger partial charge < -0.3 is 4.90 Å². The predicted molar refractivity (Wildman–Crippen MR) is 84.4 cm³/mol. The van der Waals surface area contributed by atoms with Crippen molar-refractivity contribution >= 4 is 28.6 Å². The molecule has 1 heterocycles. The van der Waals surface area contributed by atoms with Gasteiger partial charge in [0.15, 0.2) is 0 Å². The first-order valence-electron chi connectivity index (χ1n) is 6.53. The fourth-order valence-electron chi connectivity index (χ4n) is 1.98. The fourth-order valence-corrected chi connectivity index (χ4v) is 3.00. The van der Waals surface area contributed by atoms with Gasteiger partial charge in [0.25, 0.3) is 0 Å². The second-order valence-corrected chi connectivity index (χ2v) is 5.74. The highest BCUT2D eigenvalue weighted by Crippen LogP contribution is 2.17. The minimum absolute atomic E-state index is 0.506. The summed E-state index contributed by atoms with van der Waals surface area (Å²) in [6.45, 7) is 6.31. The average molecular weight is 295 g/mol. The molecule has 0 radical (unpaired) electrons. The molecule has 19 heavy (non-hydrogen) atoms. The van der Waals surface area contributed by atoms with Gasteiger partial charge in [0.2, 0.25) is 0 Å². The van der Waals surface area contributed by atoms with Gasteiger partial charge in [-0.05, 0) is 26.0 Å². The Morgan fingerprint density at radius 2 is 2.00 bits per heavy atom. The van der Waals surface area contributed by atoms with E-state index in [1.54, 1.807) is 11.3 Å². The monoisotopic (exact) mass is 294 g/mol. The molecule has 0 aliphatic heterocycles. The number of alkyl halides is 1. The van der Waals surface area contributed by atoms with Gasteiger partial charge in [0, 0.05) is 30.6 Å². The standard InChI is InChI=1S/C15H19ClN2S/c1-3-18(14-6-4-12(2)5-7-14)9-8-15-17-13(10-16)11-19-15/h4-7,11H,3,8-10H2,1-2H3. The summed E-state index contributed by atoms with van der Waals surface area (Å²) in [6.07, 6.45) is 0.975. The van der Waals surface area contributed by atoms with Crippen LogP contribution in [0.4, 0.5) is 5.69 Å². The van der Waals surface area contributed by atoms with Crippen molar-refractivity contribution in [2.75, 3.05) is 18.0 Å². The first-order chi connectivity index (χ1) is 9.22. The molecule has 102 valence electrons. The zero-order valence-electron chi connectivity index (χ0n) is 11.4. The van der Waals surface area contributed by atoms with Crippen molar-refractivity contribution in [1.29, 1.82) is 0 Å². The van der Waals surface area contributed by atoms with Gasteiger partial charge in [-0.3, -0.25) is 0 Å². The molecule has 1 aromatic carbocycles. The SMILES string of the molecule is CCN(CCc1nc(CCl)cs1)c1ccc(C)cc1. The van der Waals surface area contributed by atoms with Gasteiger partial charge >= 0.3 is 0 Å². The van der Waals surface area contributed by atoms with Crippen LogP contribution < -0.4 is 4.90 Å². The van der Waals surface area contributed by atoms with Crippen LogP contribution in [0, 0.1) is 6.92 Å². The van der Waals surface area contributed by atoms with Crippen molar-refractivity contribution in [2.24, 2.45) is 0 Å². The Labute approximate surface area is 124 Å². The number of benzene rings is 1. The molecule has 0 fully saturated rings. The van der Waals surface area contributed by atoms with Crippen molar-refractivity contribution in [3.8, 4) is 0 Å². The molecule has 2 rings (SSSR count). The lowest BCUT2D eigenvalue weighted by Gasteiger charge is -2.22. The summed E-state index contributed by atoms with van der Waals surface area (Å²) in [4.78, 5) is 6.88. The zero-order valence-corrected chi connectivity index (χ0v) is 13.0. The third-order valence-electron chi connectivity index (χ3n) is 3.11. The lowest BCUT2D eigenvalue weighted by Crippen LogP contribution is -2.25. The minimum atomic E-state index is 0.506. The smallest absolute Gasteiger partial charge is 0.0946 e. The number of aromatic nitrogens is 1. The number of rotatable bonds is 6. The largest absolute Gasteiger partial charge is 0.371 e. The molecule has 0 atom stereocenters. The lowest BCUT2D eigenvalue weighted by molar-refractivity contribution is 0.803. The van der Waals surface area contributed by atoms with Gasteiger partial charge in [-0.15, -0.1) is 22.9 Å². The van der Waals surface area contributed by atoms with Crippen molar-refractivity contribution in [1.82, 2.24) is 4.98 Å². The normalized spacial score (nSPS) is 10.7. The van der Waals surface area contributed by atoms with Crippen LogP contribution >= 0.6 is 22.9 Å². The molecule has 0 unspecified atom stereocenters. The molecular formula is C15H19ClN2S. The Bertz CT molecular complexity index is 507. The lowest BCUT2D eigenvalue weighted by atomic mass is 10.2. The fraction of sp³-hybridized carbons (Fsp3) is 0.400. The summed E-state index contributed by atoms with van der Waals surface area (Å²) >= 11 is 7.48.